The molecule has 0 amide bonds. The predicted molar refractivity (Wildman–Crippen MR) is 107 cm³/mol. The minimum Gasteiger partial charge on any atom is -0.473 e. The number of nitrogens with zero attached hydrogens (tertiary/aromatic N) is 1. The standard InChI is InChI=1S/C21H20BrNO3/c1-4-15-13(3)16-6-8-19-17(20(16)26-21(15)24)10-23(11-25-19)14-5-7-18(22)12(2)9-14/h5-9H,4,10-11H2,1-3H3. The molecule has 26 heavy (non-hydrogen) atoms. The molecule has 4 nitrogen and oxygen atoms in total. The molecule has 1 aromatic heterocycles. The Bertz CT molecular complexity index is 1070. The van der Waals surface area contributed by atoms with Crippen LogP contribution >= 0.6 is 15.9 Å². The predicted octanol–water partition coefficient (Wildman–Crippen LogP) is 5.09. The van der Waals surface area contributed by atoms with Crippen molar-refractivity contribution in [3.05, 3.63) is 67.5 Å². The smallest absolute Gasteiger partial charge is 0.339 e. The van der Waals surface area contributed by atoms with Crippen LogP contribution < -0.4 is 15.3 Å². The lowest BCUT2D eigenvalue weighted by molar-refractivity contribution is 0.289. The van der Waals surface area contributed by atoms with E-state index in [1.54, 1.807) is 0 Å². The Morgan fingerprint density at radius 3 is 2.73 bits per heavy atom. The number of rotatable bonds is 2. The zero-order chi connectivity index (χ0) is 18.4. The maximum absolute atomic E-state index is 12.4. The second-order valence-corrected chi connectivity index (χ2v) is 7.52. The van der Waals surface area contributed by atoms with Crippen LogP contribution in [0.3, 0.4) is 0 Å². The van der Waals surface area contributed by atoms with E-state index in [0.29, 0.717) is 25.3 Å². The maximum Gasteiger partial charge on any atom is 0.339 e. The zero-order valence-corrected chi connectivity index (χ0v) is 16.6. The van der Waals surface area contributed by atoms with Crippen LogP contribution in [0.1, 0.15) is 29.2 Å². The van der Waals surface area contributed by atoms with Crippen LogP contribution in [0.5, 0.6) is 5.75 Å². The van der Waals surface area contributed by atoms with Crippen LogP contribution in [0.15, 0.2) is 44.0 Å². The first kappa shape index (κ1) is 17.2. The highest BCUT2D eigenvalue weighted by Crippen LogP contribution is 2.35. The molecule has 2 heterocycles. The third kappa shape index (κ3) is 2.71. The van der Waals surface area contributed by atoms with Crippen LogP contribution in [0.25, 0.3) is 11.0 Å². The van der Waals surface area contributed by atoms with Gasteiger partial charge in [-0.3, -0.25) is 0 Å². The first-order valence-corrected chi connectivity index (χ1v) is 9.51. The van der Waals surface area contributed by atoms with Crippen LogP contribution in [0.2, 0.25) is 0 Å². The number of benzene rings is 2. The normalized spacial score (nSPS) is 13.6. The third-order valence-corrected chi connectivity index (χ3v) is 5.99. The molecule has 3 aromatic rings. The van der Waals surface area contributed by atoms with Crippen molar-refractivity contribution >= 4 is 32.6 Å². The van der Waals surface area contributed by atoms with Crippen LogP contribution in [0, 0.1) is 13.8 Å². The summed E-state index contributed by atoms with van der Waals surface area (Å²) in [6.07, 6.45) is 0.669. The van der Waals surface area contributed by atoms with Crippen molar-refractivity contribution in [1.29, 1.82) is 0 Å². The monoisotopic (exact) mass is 413 g/mol. The van der Waals surface area contributed by atoms with Gasteiger partial charge in [-0.05, 0) is 61.7 Å². The van der Waals surface area contributed by atoms with Gasteiger partial charge in [0, 0.05) is 21.1 Å². The van der Waals surface area contributed by atoms with Gasteiger partial charge in [0.1, 0.15) is 11.3 Å². The Balaban J connectivity index is 1.84. The molecule has 0 saturated heterocycles. The van der Waals surface area contributed by atoms with E-state index in [0.717, 1.165) is 38.0 Å². The topological polar surface area (TPSA) is 42.7 Å². The average molecular weight is 414 g/mol. The van der Waals surface area contributed by atoms with Crippen molar-refractivity contribution in [3.8, 4) is 5.75 Å². The number of aryl methyl sites for hydroxylation is 2. The molecule has 2 aromatic carbocycles. The summed E-state index contributed by atoms with van der Waals surface area (Å²) in [5.74, 6) is 0.786. The van der Waals surface area contributed by atoms with Gasteiger partial charge in [0.25, 0.3) is 0 Å². The Morgan fingerprint density at radius 2 is 2.00 bits per heavy atom. The van der Waals surface area contributed by atoms with E-state index in [2.05, 4.69) is 39.9 Å². The van der Waals surface area contributed by atoms with Crippen molar-refractivity contribution < 1.29 is 9.15 Å². The lowest BCUT2D eigenvalue weighted by Crippen LogP contribution is -2.32. The highest BCUT2D eigenvalue weighted by atomic mass is 79.9. The molecule has 0 unspecified atom stereocenters. The molecule has 0 bridgehead atoms. The Kier molecular flexibility index (Phi) is 4.27. The van der Waals surface area contributed by atoms with E-state index in [9.17, 15) is 4.79 Å². The molecule has 0 radical (unpaired) electrons. The van der Waals surface area contributed by atoms with Gasteiger partial charge in [0.15, 0.2) is 6.73 Å². The minimum absolute atomic E-state index is 0.248. The molecule has 1 aliphatic heterocycles. The van der Waals surface area contributed by atoms with Crippen LogP contribution in [-0.2, 0) is 13.0 Å². The lowest BCUT2D eigenvalue weighted by Gasteiger charge is -2.31. The van der Waals surface area contributed by atoms with Crippen LogP contribution in [0.4, 0.5) is 5.69 Å². The number of ether oxygens (including phenoxy) is 1. The fourth-order valence-electron chi connectivity index (χ4n) is 3.56. The van der Waals surface area contributed by atoms with Crippen molar-refractivity contribution in [1.82, 2.24) is 0 Å². The van der Waals surface area contributed by atoms with Gasteiger partial charge in [-0.2, -0.15) is 0 Å². The molecule has 0 atom stereocenters. The van der Waals surface area contributed by atoms with Gasteiger partial charge in [0.05, 0.1) is 12.1 Å². The van der Waals surface area contributed by atoms with Gasteiger partial charge < -0.3 is 14.1 Å². The van der Waals surface area contributed by atoms with E-state index in [1.165, 1.54) is 5.56 Å². The Labute approximate surface area is 160 Å². The van der Waals surface area contributed by atoms with E-state index < -0.39 is 0 Å². The number of hydrogen-bond acceptors (Lipinski definition) is 4. The first-order valence-electron chi connectivity index (χ1n) is 8.71. The molecule has 0 saturated carbocycles. The maximum atomic E-state index is 12.4. The van der Waals surface area contributed by atoms with Gasteiger partial charge >= 0.3 is 5.63 Å². The molecule has 1 aliphatic rings. The molecule has 0 N–H and O–H groups in total. The highest BCUT2D eigenvalue weighted by Gasteiger charge is 2.23. The van der Waals surface area contributed by atoms with E-state index in [4.69, 9.17) is 9.15 Å². The van der Waals surface area contributed by atoms with E-state index >= 15 is 0 Å². The number of anilines is 1. The van der Waals surface area contributed by atoms with Crippen molar-refractivity contribution in [2.45, 2.75) is 33.7 Å². The summed E-state index contributed by atoms with van der Waals surface area (Å²) in [5, 5.41) is 0.984. The van der Waals surface area contributed by atoms with Crippen LogP contribution in [-0.4, -0.2) is 6.73 Å². The molecule has 0 fully saturated rings. The van der Waals surface area contributed by atoms with E-state index in [-0.39, 0.29) is 5.63 Å². The fraction of sp³-hybridized carbons (Fsp3) is 0.286. The average Bonchev–Trinajstić information content (AvgIpc) is 2.64. The number of hydrogen-bond donors (Lipinski definition) is 0. The van der Waals surface area contributed by atoms with Gasteiger partial charge in [0.2, 0.25) is 0 Å². The molecule has 134 valence electrons. The lowest BCUT2D eigenvalue weighted by atomic mass is 10.0. The molecular weight excluding hydrogens is 394 g/mol. The summed E-state index contributed by atoms with van der Waals surface area (Å²) in [7, 11) is 0. The van der Waals surface area contributed by atoms with E-state index in [1.807, 2.05) is 32.0 Å². The molecular formula is C21H20BrNO3. The summed E-state index contributed by atoms with van der Waals surface area (Å²) >= 11 is 3.54. The summed E-state index contributed by atoms with van der Waals surface area (Å²) in [6.45, 7) is 7.14. The molecule has 0 aliphatic carbocycles. The van der Waals surface area contributed by atoms with Crippen molar-refractivity contribution in [2.24, 2.45) is 0 Å². The Morgan fingerprint density at radius 1 is 1.19 bits per heavy atom. The SMILES string of the molecule is CCc1c(C)c2ccc3c(c2oc1=O)CN(c1ccc(Br)c(C)c1)CO3. The van der Waals surface area contributed by atoms with Gasteiger partial charge in [-0.15, -0.1) is 0 Å². The Hall–Kier alpha value is -2.27. The highest BCUT2D eigenvalue weighted by molar-refractivity contribution is 9.10. The van der Waals surface area contributed by atoms with Crippen molar-refractivity contribution in [3.63, 3.8) is 0 Å². The second-order valence-electron chi connectivity index (χ2n) is 6.67. The summed E-state index contributed by atoms with van der Waals surface area (Å²) in [5.41, 5.74) is 5.31. The largest absolute Gasteiger partial charge is 0.473 e. The second kappa shape index (κ2) is 6.47. The number of halogens is 1. The zero-order valence-electron chi connectivity index (χ0n) is 15.1. The third-order valence-electron chi connectivity index (χ3n) is 5.10. The molecule has 5 heteroatoms. The van der Waals surface area contributed by atoms with Crippen molar-refractivity contribution in [2.75, 3.05) is 11.6 Å². The van der Waals surface area contributed by atoms with Gasteiger partial charge in [-0.25, -0.2) is 4.79 Å². The summed E-state index contributed by atoms with van der Waals surface area (Å²) in [6, 6.07) is 10.2. The summed E-state index contributed by atoms with van der Waals surface area (Å²) < 4.78 is 12.8. The first-order chi connectivity index (χ1) is 12.5. The molecule has 0 spiro atoms. The fourth-order valence-corrected chi connectivity index (χ4v) is 3.81. The van der Waals surface area contributed by atoms with Gasteiger partial charge in [-0.1, -0.05) is 22.9 Å². The number of fused-ring (bicyclic) bond motifs is 3. The summed E-state index contributed by atoms with van der Waals surface area (Å²) in [4.78, 5) is 14.5. The quantitative estimate of drug-likeness (QED) is 0.548. The minimum atomic E-state index is -0.248. The molecule has 4 rings (SSSR count).